The Balaban J connectivity index is 0.000000810. The lowest BCUT2D eigenvalue weighted by Crippen LogP contribution is -1.75. The molecule has 0 unspecified atom stereocenters. The van der Waals surface area contributed by atoms with Gasteiger partial charge in [0.05, 0.1) is 0 Å². The summed E-state index contributed by atoms with van der Waals surface area (Å²) in [6, 6.07) is 10.1. The summed E-state index contributed by atoms with van der Waals surface area (Å²) >= 11 is 0. The maximum atomic E-state index is 5.24. The molecule has 0 aliphatic heterocycles. The topological polar surface area (TPSA) is 0 Å². The van der Waals surface area contributed by atoms with Crippen LogP contribution in [0.5, 0.6) is 0 Å². The molecule has 0 nitrogen and oxygen atoms in total. The van der Waals surface area contributed by atoms with Crippen molar-refractivity contribution >= 4 is 23.1 Å². The predicted octanol–water partition coefficient (Wildman–Crippen LogP) is 1.30. The summed E-state index contributed by atoms with van der Waals surface area (Å²) in [5.74, 6) is 0. The molecular formula is C9H11Mg. The molecule has 1 heteroatoms. The fourth-order valence-electron chi connectivity index (χ4n) is 0.750. The van der Waals surface area contributed by atoms with Gasteiger partial charge in [-0.05, 0) is 12.0 Å². The zero-order chi connectivity index (χ0) is 6.53. The molecular weight excluding hydrogens is 132 g/mol. The molecule has 0 saturated carbocycles. The second-order valence-electron chi connectivity index (χ2n) is 1.93. The first-order chi connectivity index (χ1) is 4.43. The molecule has 0 spiro atoms. The van der Waals surface area contributed by atoms with E-state index in [4.69, 9.17) is 6.58 Å². The molecule has 0 amide bonds. The summed E-state index contributed by atoms with van der Waals surface area (Å²) in [7, 11) is 0. The Labute approximate surface area is 78.1 Å². The van der Waals surface area contributed by atoms with Crippen molar-refractivity contribution in [3.63, 3.8) is 0 Å². The van der Waals surface area contributed by atoms with Crippen LogP contribution in [0.2, 0.25) is 0 Å². The Hall–Kier alpha value is -0.274. The van der Waals surface area contributed by atoms with Crippen LogP contribution in [0.25, 0.3) is 0 Å². The van der Waals surface area contributed by atoms with Crippen LogP contribution in [0.3, 0.4) is 0 Å². The third-order valence-electron chi connectivity index (χ3n) is 1.20. The third-order valence-corrected chi connectivity index (χ3v) is 1.20. The zero-order valence-electron chi connectivity index (χ0n) is 5.25. The van der Waals surface area contributed by atoms with E-state index in [9.17, 15) is 0 Å². The quantitative estimate of drug-likeness (QED) is 0.548. The van der Waals surface area contributed by atoms with Crippen molar-refractivity contribution in [1.82, 2.24) is 0 Å². The second-order valence-corrected chi connectivity index (χ2v) is 1.93. The molecule has 49 valence electrons. The van der Waals surface area contributed by atoms with Gasteiger partial charge in [0.2, 0.25) is 0 Å². The van der Waals surface area contributed by atoms with E-state index >= 15 is 0 Å². The molecule has 1 rings (SSSR count). The molecule has 0 atom stereocenters. The molecule has 0 aromatic heterocycles. The van der Waals surface area contributed by atoms with Crippen molar-refractivity contribution in [3.8, 4) is 0 Å². The van der Waals surface area contributed by atoms with Gasteiger partial charge in [0.15, 0.2) is 0 Å². The molecule has 0 N–H and O–H groups in total. The number of benzene rings is 1. The van der Waals surface area contributed by atoms with Crippen LogP contribution in [0.4, 0.5) is 0 Å². The molecule has 0 heterocycles. The minimum absolute atomic E-state index is 0. The first-order valence-electron chi connectivity index (χ1n) is 3.01. The Morgan fingerprint density at radius 2 is 1.80 bits per heavy atom. The highest BCUT2D eigenvalue weighted by molar-refractivity contribution is 5.75. The highest BCUT2D eigenvalue weighted by Crippen LogP contribution is 1.98. The molecule has 1 aromatic carbocycles. The normalized spacial score (nSPS) is 8.00. The van der Waals surface area contributed by atoms with E-state index in [0.29, 0.717) is 0 Å². The fraction of sp³-hybridized carbons (Fsp3) is 0.111. The Morgan fingerprint density at radius 3 is 2.30 bits per heavy atom. The third kappa shape index (κ3) is 3.04. The van der Waals surface area contributed by atoms with Crippen LogP contribution in [-0.2, 0) is 6.42 Å². The van der Waals surface area contributed by atoms with Crippen molar-refractivity contribution in [2.45, 2.75) is 6.42 Å². The van der Waals surface area contributed by atoms with E-state index in [-0.39, 0.29) is 23.1 Å². The molecule has 0 aliphatic carbocycles. The largest absolute Gasteiger partial charge is 0.316 e. The summed E-state index contributed by atoms with van der Waals surface area (Å²) in [6.07, 6.45) is 2.52. The van der Waals surface area contributed by atoms with Gasteiger partial charge in [0.1, 0.15) is 0 Å². The number of allylic oxidation sites excluding steroid dienone is 1. The molecule has 0 fully saturated rings. The van der Waals surface area contributed by atoms with E-state index in [2.05, 4.69) is 12.1 Å². The minimum atomic E-state index is 0. The van der Waals surface area contributed by atoms with Gasteiger partial charge in [-0.25, -0.2) is 0 Å². The summed E-state index contributed by atoms with van der Waals surface area (Å²) in [4.78, 5) is 0. The number of rotatable bonds is 2. The van der Waals surface area contributed by atoms with Crippen molar-refractivity contribution in [2.24, 2.45) is 0 Å². The smallest absolute Gasteiger partial charge is 0.0801 e. The van der Waals surface area contributed by atoms with E-state index in [1.807, 2.05) is 18.2 Å². The predicted molar refractivity (Wildman–Crippen MR) is 47.6 cm³/mol. The zero-order valence-corrected chi connectivity index (χ0v) is 5.25. The number of hydrogen-bond acceptors (Lipinski definition) is 0. The minimum Gasteiger partial charge on any atom is -0.0801 e. The Bertz CT molecular complexity index is 179. The van der Waals surface area contributed by atoms with Crippen molar-refractivity contribution in [2.75, 3.05) is 0 Å². The molecule has 1 radical (unpaired) electrons. The molecule has 0 saturated heterocycles. The van der Waals surface area contributed by atoms with Gasteiger partial charge in [-0.2, -0.15) is 0 Å². The maximum absolute atomic E-state index is 5.24. The highest BCUT2D eigenvalue weighted by Gasteiger charge is 1.82. The van der Waals surface area contributed by atoms with Gasteiger partial charge >= 0.3 is 23.1 Å². The van der Waals surface area contributed by atoms with Gasteiger partial charge in [0, 0.05) is 0 Å². The standard InChI is InChI=1S/C9H9.Mg.2H/c1-2-6-9-7-4-3-5-8-9;;;/h1-5,7-8H,6H2;;;. The van der Waals surface area contributed by atoms with E-state index < -0.39 is 0 Å². The Morgan fingerprint density at radius 1 is 1.20 bits per heavy atom. The highest BCUT2D eigenvalue weighted by atomic mass is 24.3. The summed E-state index contributed by atoms with van der Waals surface area (Å²) in [5.41, 5.74) is 1.26. The lowest BCUT2D eigenvalue weighted by Gasteiger charge is -1.91. The molecule has 0 bridgehead atoms. The second kappa shape index (κ2) is 5.51. The van der Waals surface area contributed by atoms with Gasteiger partial charge < -0.3 is 0 Å². The summed E-state index contributed by atoms with van der Waals surface area (Å²) < 4.78 is 0. The lowest BCUT2D eigenvalue weighted by molar-refractivity contribution is 1.27. The van der Waals surface area contributed by atoms with E-state index in [0.717, 1.165) is 6.42 Å². The SMILES string of the molecule is [CH]=CCc1ccccc1.[MgH2]. The van der Waals surface area contributed by atoms with Crippen LogP contribution >= 0.6 is 0 Å². The monoisotopic (exact) mass is 143 g/mol. The summed E-state index contributed by atoms with van der Waals surface area (Å²) in [5, 5.41) is 0. The lowest BCUT2D eigenvalue weighted by atomic mass is 10.2. The van der Waals surface area contributed by atoms with Crippen molar-refractivity contribution < 1.29 is 0 Å². The fourth-order valence-corrected chi connectivity index (χ4v) is 0.750. The van der Waals surface area contributed by atoms with Crippen LogP contribution in [0, 0.1) is 6.58 Å². The summed E-state index contributed by atoms with van der Waals surface area (Å²) in [6.45, 7) is 5.24. The van der Waals surface area contributed by atoms with Crippen LogP contribution in [0.15, 0.2) is 36.4 Å². The average Bonchev–Trinajstić information content (AvgIpc) is 1.91. The molecule has 1 aromatic rings. The number of hydrogen-bond donors (Lipinski definition) is 0. The van der Waals surface area contributed by atoms with Gasteiger partial charge in [-0.3, -0.25) is 0 Å². The Kier molecular flexibility index (Phi) is 5.36. The van der Waals surface area contributed by atoms with E-state index in [1.165, 1.54) is 5.56 Å². The molecule has 10 heavy (non-hydrogen) atoms. The first kappa shape index (κ1) is 9.73. The van der Waals surface area contributed by atoms with Crippen molar-refractivity contribution in [1.29, 1.82) is 0 Å². The average molecular weight is 143 g/mol. The maximum Gasteiger partial charge on any atom is 0.316 e. The van der Waals surface area contributed by atoms with Crippen LogP contribution in [0.1, 0.15) is 5.56 Å². The van der Waals surface area contributed by atoms with E-state index in [1.54, 1.807) is 6.08 Å². The van der Waals surface area contributed by atoms with Crippen LogP contribution in [-0.4, -0.2) is 23.1 Å². The van der Waals surface area contributed by atoms with Crippen LogP contribution < -0.4 is 0 Å². The van der Waals surface area contributed by atoms with Gasteiger partial charge in [-0.1, -0.05) is 43.0 Å². The molecule has 0 aliphatic rings. The van der Waals surface area contributed by atoms with Gasteiger partial charge in [0.25, 0.3) is 0 Å². The van der Waals surface area contributed by atoms with Gasteiger partial charge in [-0.15, -0.1) is 0 Å². The first-order valence-corrected chi connectivity index (χ1v) is 3.01. The van der Waals surface area contributed by atoms with Crippen molar-refractivity contribution in [3.05, 3.63) is 48.6 Å².